The van der Waals surface area contributed by atoms with E-state index in [0.29, 0.717) is 12.2 Å². The second-order valence-corrected chi connectivity index (χ2v) is 5.54. The molecule has 1 aromatic rings. The van der Waals surface area contributed by atoms with Crippen LogP contribution in [0.25, 0.3) is 0 Å². The van der Waals surface area contributed by atoms with Gasteiger partial charge in [0.1, 0.15) is 11.4 Å². The molecule has 1 aliphatic heterocycles. The minimum absolute atomic E-state index is 0. The van der Waals surface area contributed by atoms with Crippen LogP contribution in [0.15, 0.2) is 4.52 Å². The zero-order valence-electron chi connectivity index (χ0n) is 11.2. The van der Waals surface area contributed by atoms with Crippen molar-refractivity contribution in [3.05, 3.63) is 11.5 Å². The van der Waals surface area contributed by atoms with E-state index in [1.807, 2.05) is 25.6 Å². The fourth-order valence-corrected chi connectivity index (χ4v) is 2.93. The Balaban J connectivity index is 0.00000180. The largest absolute Gasteiger partial charge is 0.359 e. The monoisotopic (exact) mass is 305 g/mol. The molecule has 0 spiro atoms. The van der Waals surface area contributed by atoms with E-state index in [2.05, 4.69) is 15.8 Å². The highest BCUT2D eigenvalue weighted by Crippen LogP contribution is 2.21. The lowest BCUT2D eigenvalue weighted by Gasteiger charge is -2.22. The molecule has 0 radical (unpaired) electrons. The molecule has 1 atom stereocenters. The van der Waals surface area contributed by atoms with Crippen LogP contribution in [0.1, 0.15) is 24.8 Å². The van der Waals surface area contributed by atoms with Crippen molar-refractivity contribution in [3.63, 3.8) is 0 Å². The van der Waals surface area contributed by atoms with Gasteiger partial charge in [0.25, 0.3) is 0 Å². The van der Waals surface area contributed by atoms with Crippen LogP contribution in [0.3, 0.4) is 0 Å². The third-order valence-corrected chi connectivity index (χ3v) is 4.09. The lowest BCUT2D eigenvalue weighted by atomic mass is 10.2. The number of carbonyl (C=O) groups is 1. The smallest absolute Gasteiger partial charge is 0.226 e. The predicted octanol–water partition coefficient (Wildman–Crippen LogP) is 2.00. The summed E-state index contributed by atoms with van der Waals surface area (Å²) in [5.74, 6) is 2.82. The maximum Gasteiger partial charge on any atom is 0.226 e. The molecule has 1 fully saturated rings. The van der Waals surface area contributed by atoms with Crippen LogP contribution in [0, 0.1) is 6.92 Å². The van der Waals surface area contributed by atoms with Crippen molar-refractivity contribution in [1.29, 1.82) is 0 Å². The van der Waals surface area contributed by atoms with Gasteiger partial charge in [-0.05, 0) is 13.3 Å². The van der Waals surface area contributed by atoms with Gasteiger partial charge >= 0.3 is 0 Å². The molecule has 19 heavy (non-hydrogen) atoms. The first-order chi connectivity index (χ1) is 8.70. The van der Waals surface area contributed by atoms with Crippen LogP contribution in [0.2, 0.25) is 0 Å². The standard InChI is InChI=1S/C12H19N3O2S.ClH/c1-3-10-12(8(2)17-15-10)14-11(16)6-9-7-18-5-4-13-9;/h9,13H,3-7H2,1-2H3,(H,14,16);1H. The topological polar surface area (TPSA) is 67.2 Å². The molecule has 1 unspecified atom stereocenters. The van der Waals surface area contributed by atoms with E-state index in [1.165, 1.54) is 0 Å². The van der Waals surface area contributed by atoms with E-state index in [4.69, 9.17) is 4.52 Å². The van der Waals surface area contributed by atoms with E-state index >= 15 is 0 Å². The van der Waals surface area contributed by atoms with Crippen molar-refractivity contribution in [2.24, 2.45) is 0 Å². The fourth-order valence-electron chi connectivity index (χ4n) is 1.98. The molecule has 0 bridgehead atoms. The Kier molecular flexibility index (Phi) is 6.68. The van der Waals surface area contributed by atoms with E-state index in [0.717, 1.165) is 35.9 Å². The van der Waals surface area contributed by atoms with Gasteiger partial charge in [0.15, 0.2) is 5.76 Å². The number of thioether (sulfide) groups is 1. The number of amides is 1. The summed E-state index contributed by atoms with van der Waals surface area (Å²) in [4.78, 5) is 12.0. The number of carbonyl (C=O) groups excluding carboxylic acids is 1. The van der Waals surface area contributed by atoms with Gasteiger partial charge in [-0.1, -0.05) is 12.1 Å². The highest BCUT2D eigenvalue weighted by atomic mass is 35.5. The average molecular weight is 306 g/mol. The van der Waals surface area contributed by atoms with Gasteiger partial charge in [0, 0.05) is 30.5 Å². The molecular formula is C12H20ClN3O2S. The molecule has 1 amide bonds. The Hall–Kier alpha value is -0.720. The summed E-state index contributed by atoms with van der Waals surface area (Å²) in [6.45, 7) is 4.79. The maximum atomic E-state index is 12.0. The summed E-state index contributed by atoms with van der Waals surface area (Å²) in [7, 11) is 0. The quantitative estimate of drug-likeness (QED) is 0.890. The zero-order valence-corrected chi connectivity index (χ0v) is 12.8. The van der Waals surface area contributed by atoms with Crippen LogP contribution in [0.5, 0.6) is 0 Å². The molecule has 108 valence electrons. The van der Waals surface area contributed by atoms with Crippen LogP contribution in [-0.4, -0.2) is 35.2 Å². The number of anilines is 1. The van der Waals surface area contributed by atoms with Crippen LogP contribution in [-0.2, 0) is 11.2 Å². The Bertz CT molecular complexity index is 419. The van der Waals surface area contributed by atoms with Crippen LogP contribution >= 0.6 is 24.2 Å². The van der Waals surface area contributed by atoms with Crippen molar-refractivity contribution < 1.29 is 9.32 Å². The Labute approximate surface area is 123 Å². The van der Waals surface area contributed by atoms with Gasteiger partial charge in [-0.15, -0.1) is 12.4 Å². The lowest BCUT2D eigenvalue weighted by molar-refractivity contribution is -0.116. The molecule has 2 heterocycles. The minimum atomic E-state index is 0. The molecule has 2 N–H and O–H groups in total. The van der Waals surface area contributed by atoms with Crippen LogP contribution < -0.4 is 10.6 Å². The molecule has 5 nitrogen and oxygen atoms in total. The van der Waals surface area contributed by atoms with Crippen molar-refractivity contribution in [3.8, 4) is 0 Å². The second kappa shape index (κ2) is 7.77. The van der Waals surface area contributed by atoms with Gasteiger partial charge < -0.3 is 15.2 Å². The number of halogens is 1. The first-order valence-corrected chi connectivity index (χ1v) is 7.42. The lowest BCUT2D eigenvalue weighted by Crippen LogP contribution is -2.40. The third kappa shape index (κ3) is 4.40. The Morgan fingerprint density at radius 2 is 2.42 bits per heavy atom. The van der Waals surface area contributed by atoms with Gasteiger partial charge in [-0.3, -0.25) is 4.79 Å². The molecule has 0 aliphatic carbocycles. The molecule has 1 aliphatic rings. The number of nitrogens with one attached hydrogen (secondary N) is 2. The summed E-state index contributed by atoms with van der Waals surface area (Å²) >= 11 is 1.89. The Morgan fingerprint density at radius 1 is 1.63 bits per heavy atom. The van der Waals surface area contributed by atoms with Crippen molar-refractivity contribution in [1.82, 2.24) is 10.5 Å². The number of nitrogens with zero attached hydrogens (tertiary/aromatic N) is 1. The van der Waals surface area contributed by atoms with Gasteiger partial charge in [-0.25, -0.2) is 0 Å². The number of aromatic nitrogens is 1. The average Bonchev–Trinajstić information content (AvgIpc) is 2.72. The summed E-state index contributed by atoms with van der Waals surface area (Å²) in [6, 6.07) is 0.272. The van der Waals surface area contributed by atoms with Gasteiger partial charge in [0.05, 0.1) is 0 Å². The summed E-state index contributed by atoms with van der Waals surface area (Å²) < 4.78 is 5.09. The maximum absolute atomic E-state index is 12.0. The molecule has 7 heteroatoms. The molecule has 1 saturated heterocycles. The zero-order chi connectivity index (χ0) is 13.0. The molecular weight excluding hydrogens is 286 g/mol. The number of aryl methyl sites for hydroxylation is 2. The summed E-state index contributed by atoms with van der Waals surface area (Å²) in [6.07, 6.45) is 1.26. The fraction of sp³-hybridized carbons (Fsp3) is 0.667. The second-order valence-electron chi connectivity index (χ2n) is 4.39. The third-order valence-electron chi connectivity index (χ3n) is 2.96. The molecule has 2 rings (SSSR count). The van der Waals surface area contributed by atoms with E-state index in [9.17, 15) is 4.79 Å². The minimum Gasteiger partial charge on any atom is -0.359 e. The van der Waals surface area contributed by atoms with Crippen LogP contribution in [0.4, 0.5) is 5.69 Å². The number of rotatable bonds is 4. The first-order valence-electron chi connectivity index (χ1n) is 6.26. The van der Waals surface area contributed by atoms with Crippen molar-refractivity contribution >= 4 is 35.8 Å². The highest BCUT2D eigenvalue weighted by Gasteiger charge is 2.19. The van der Waals surface area contributed by atoms with Gasteiger partial charge in [0.2, 0.25) is 5.91 Å². The number of hydrogen-bond acceptors (Lipinski definition) is 5. The molecule has 0 saturated carbocycles. The van der Waals surface area contributed by atoms with Gasteiger partial charge in [-0.2, -0.15) is 11.8 Å². The van der Waals surface area contributed by atoms with E-state index < -0.39 is 0 Å². The highest BCUT2D eigenvalue weighted by molar-refractivity contribution is 7.99. The Morgan fingerprint density at radius 3 is 3.05 bits per heavy atom. The van der Waals surface area contributed by atoms with E-state index in [-0.39, 0.29) is 24.4 Å². The molecule has 0 aromatic carbocycles. The number of hydrogen-bond donors (Lipinski definition) is 2. The van der Waals surface area contributed by atoms with Crippen molar-refractivity contribution in [2.45, 2.75) is 32.7 Å². The van der Waals surface area contributed by atoms with Crippen molar-refractivity contribution in [2.75, 3.05) is 23.4 Å². The predicted molar refractivity (Wildman–Crippen MR) is 80.2 cm³/mol. The SMILES string of the molecule is CCc1noc(C)c1NC(=O)CC1CSCCN1.Cl. The molecule has 1 aromatic heterocycles. The van der Waals surface area contributed by atoms with E-state index in [1.54, 1.807) is 0 Å². The summed E-state index contributed by atoms with van der Waals surface area (Å²) in [5.41, 5.74) is 1.55. The normalized spacial score (nSPS) is 18.7. The first kappa shape index (κ1) is 16.3. The summed E-state index contributed by atoms with van der Waals surface area (Å²) in [5, 5.41) is 10.2.